The Morgan fingerprint density at radius 1 is 1.06 bits per heavy atom. The molecule has 0 radical (unpaired) electrons. The van der Waals surface area contributed by atoms with Crippen molar-refractivity contribution in [1.29, 1.82) is 0 Å². The molecule has 8 heteroatoms. The summed E-state index contributed by atoms with van der Waals surface area (Å²) < 4.78 is 7.45. The van der Waals surface area contributed by atoms with Crippen molar-refractivity contribution in [2.45, 2.75) is 46.1 Å². The minimum absolute atomic E-state index is 0.0658. The number of carbonyl (C=O) groups is 2. The normalized spacial score (nSPS) is 14.8. The quantitative estimate of drug-likeness (QED) is 0.591. The molecule has 1 aliphatic rings. The molecule has 0 N–H and O–H groups in total. The van der Waals surface area contributed by atoms with Crippen LogP contribution in [0.2, 0.25) is 0 Å². The number of benzene rings is 1. The van der Waals surface area contributed by atoms with Gasteiger partial charge in [0, 0.05) is 49.0 Å². The largest absolute Gasteiger partial charge is 0.444 e. The van der Waals surface area contributed by atoms with E-state index < -0.39 is 5.60 Å². The summed E-state index contributed by atoms with van der Waals surface area (Å²) in [4.78, 5) is 34.3. The molecular formula is C24H30N4O3S. The van der Waals surface area contributed by atoms with Crippen LogP contribution in [0.15, 0.2) is 35.8 Å². The van der Waals surface area contributed by atoms with Crippen LogP contribution in [0.4, 0.5) is 4.79 Å². The average molecular weight is 455 g/mol. The maximum atomic E-state index is 12.9. The Morgan fingerprint density at radius 3 is 2.34 bits per heavy atom. The predicted octanol–water partition coefficient (Wildman–Crippen LogP) is 4.25. The molecule has 3 aromatic rings. The van der Waals surface area contributed by atoms with Crippen molar-refractivity contribution in [3.8, 4) is 11.3 Å². The van der Waals surface area contributed by atoms with Crippen molar-refractivity contribution in [1.82, 2.24) is 19.2 Å². The van der Waals surface area contributed by atoms with Crippen molar-refractivity contribution in [2.24, 2.45) is 0 Å². The lowest BCUT2D eigenvalue weighted by Gasteiger charge is -2.35. The van der Waals surface area contributed by atoms with E-state index in [9.17, 15) is 9.59 Å². The molecule has 0 spiro atoms. The Kier molecular flexibility index (Phi) is 6.24. The first-order valence-corrected chi connectivity index (χ1v) is 11.9. The molecule has 32 heavy (non-hydrogen) atoms. The van der Waals surface area contributed by atoms with Crippen LogP contribution >= 0.6 is 11.3 Å². The van der Waals surface area contributed by atoms with Crippen LogP contribution in [0.25, 0.3) is 16.2 Å². The number of ether oxygens (including phenoxy) is 1. The highest BCUT2D eigenvalue weighted by Gasteiger charge is 2.28. The third kappa shape index (κ3) is 4.96. The van der Waals surface area contributed by atoms with Crippen LogP contribution in [-0.2, 0) is 22.4 Å². The SMILES string of the molecule is CCc1ccc(-c2cn3c(CC(=O)N4CCN(C(=O)OC(C)(C)C)CC4)csc3n2)cc1. The third-order valence-electron chi connectivity index (χ3n) is 5.56. The zero-order valence-corrected chi connectivity index (χ0v) is 19.9. The molecule has 0 aliphatic carbocycles. The second kappa shape index (κ2) is 8.94. The van der Waals surface area contributed by atoms with E-state index in [1.807, 2.05) is 41.6 Å². The van der Waals surface area contributed by atoms with Gasteiger partial charge in [-0.1, -0.05) is 31.2 Å². The van der Waals surface area contributed by atoms with Crippen LogP contribution in [0, 0.1) is 0 Å². The maximum absolute atomic E-state index is 12.9. The number of fused-ring (bicyclic) bond motifs is 1. The van der Waals surface area contributed by atoms with Crippen molar-refractivity contribution < 1.29 is 14.3 Å². The van der Waals surface area contributed by atoms with E-state index in [-0.39, 0.29) is 12.0 Å². The smallest absolute Gasteiger partial charge is 0.410 e. The third-order valence-corrected chi connectivity index (χ3v) is 6.45. The van der Waals surface area contributed by atoms with E-state index in [0.717, 1.165) is 28.3 Å². The first-order chi connectivity index (χ1) is 15.2. The summed E-state index contributed by atoms with van der Waals surface area (Å²) in [5.41, 5.74) is 3.71. The number of hydrogen-bond acceptors (Lipinski definition) is 5. The lowest BCUT2D eigenvalue weighted by molar-refractivity contribution is -0.132. The summed E-state index contributed by atoms with van der Waals surface area (Å²) in [5, 5.41) is 2.00. The molecule has 170 valence electrons. The standard InChI is InChI=1S/C24H30N4O3S/c1-5-17-6-8-18(9-7-17)20-15-28-19(16-32-22(28)25-20)14-21(29)26-10-12-27(13-11-26)23(30)31-24(2,3)4/h6-9,15-16H,5,10-14H2,1-4H3. The highest BCUT2D eigenvalue weighted by Crippen LogP contribution is 2.25. The van der Waals surface area contributed by atoms with E-state index in [0.29, 0.717) is 32.6 Å². The van der Waals surface area contributed by atoms with E-state index >= 15 is 0 Å². The monoisotopic (exact) mass is 454 g/mol. The minimum Gasteiger partial charge on any atom is -0.444 e. The van der Waals surface area contributed by atoms with Gasteiger partial charge in [0.1, 0.15) is 5.60 Å². The Balaban J connectivity index is 1.39. The number of aromatic nitrogens is 2. The van der Waals surface area contributed by atoms with Crippen LogP contribution in [0.5, 0.6) is 0 Å². The molecule has 1 aliphatic heterocycles. The summed E-state index contributed by atoms with van der Waals surface area (Å²) >= 11 is 1.55. The second-order valence-corrected chi connectivity index (χ2v) is 9.92. The van der Waals surface area contributed by atoms with Gasteiger partial charge in [-0.15, -0.1) is 11.3 Å². The van der Waals surface area contributed by atoms with Crippen molar-refractivity contribution in [2.75, 3.05) is 26.2 Å². The van der Waals surface area contributed by atoms with Gasteiger partial charge in [-0.2, -0.15) is 0 Å². The molecule has 2 aromatic heterocycles. The van der Waals surface area contributed by atoms with Gasteiger partial charge in [0.25, 0.3) is 0 Å². The fourth-order valence-electron chi connectivity index (χ4n) is 3.74. The van der Waals surface area contributed by atoms with E-state index in [2.05, 4.69) is 31.2 Å². The number of piperazine rings is 1. The minimum atomic E-state index is -0.518. The van der Waals surface area contributed by atoms with Crippen LogP contribution in [-0.4, -0.2) is 63.0 Å². The van der Waals surface area contributed by atoms with Gasteiger partial charge in [0.15, 0.2) is 4.96 Å². The maximum Gasteiger partial charge on any atom is 0.410 e. The molecule has 1 aromatic carbocycles. The van der Waals surface area contributed by atoms with Gasteiger partial charge < -0.3 is 14.5 Å². The summed E-state index contributed by atoms with van der Waals surface area (Å²) in [6, 6.07) is 8.45. The zero-order valence-electron chi connectivity index (χ0n) is 19.1. The van der Waals surface area contributed by atoms with Gasteiger partial charge in [0.05, 0.1) is 12.1 Å². The topological polar surface area (TPSA) is 67.2 Å². The Hall–Kier alpha value is -2.87. The molecule has 1 saturated heterocycles. The summed E-state index contributed by atoms with van der Waals surface area (Å²) in [6.07, 6.45) is 3.02. The Morgan fingerprint density at radius 2 is 1.72 bits per heavy atom. The van der Waals surface area contributed by atoms with Crippen LogP contribution < -0.4 is 0 Å². The first kappa shape index (κ1) is 22.3. The number of imidazole rings is 1. The second-order valence-electron chi connectivity index (χ2n) is 9.08. The van der Waals surface area contributed by atoms with Gasteiger partial charge in [0.2, 0.25) is 5.91 Å². The molecule has 3 heterocycles. The number of hydrogen-bond donors (Lipinski definition) is 0. The molecule has 0 atom stereocenters. The van der Waals surface area contributed by atoms with Gasteiger partial charge in [-0.3, -0.25) is 9.20 Å². The molecule has 4 rings (SSSR count). The number of thiazole rings is 1. The first-order valence-electron chi connectivity index (χ1n) is 11.0. The summed E-state index contributed by atoms with van der Waals surface area (Å²) in [5.74, 6) is 0.0658. The lowest BCUT2D eigenvalue weighted by atomic mass is 10.1. The van der Waals surface area contributed by atoms with Crippen molar-refractivity contribution >= 4 is 28.3 Å². The molecular weight excluding hydrogens is 424 g/mol. The molecule has 2 amide bonds. The lowest BCUT2D eigenvalue weighted by Crippen LogP contribution is -2.52. The highest BCUT2D eigenvalue weighted by atomic mass is 32.1. The molecule has 0 bridgehead atoms. The number of rotatable bonds is 4. The fourth-order valence-corrected chi connectivity index (χ4v) is 4.61. The van der Waals surface area contributed by atoms with Crippen LogP contribution in [0.3, 0.4) is 0 Å². The number of carbonyl (C=O) groups excluding carboxylic acids is 2. The van der Waals surface area contributed by atoms with Gasteiger partial charge >= 0.3 is 6.09 Å². The molecule has 0 unspecified atom stereocenters. The summed E-state index contributed by atoms with van der Waals surface area (Å²) in [6.45, 7) is 9.72. The highest BCUT2D eigenvalue weighted by molar-refractivity contribution is 7.15. The Bertz CT molecular complexity index is 1100. The van der Waals surface area contributed by atoms with E-state index in [1.165, 1.54) is 5.56 Å². The average Bonchev–Trinajstić information content (AvgIpc) is 3.34. The molecule has 7 nitrogen and oxygen atoms in total. The van der Waals surface area contributed by atoms with Crippen LogP contribution in [0.1, 0.15) is 39.0 Å². The van der Waals surface area contributed by atoms with Crippen molar-refractivity contribution in [3.63, 3.8) is 0 Å². The number of amides is 2. The number of nitrogens with zero attached hydrogens (tertiary/aromatic N) is 4. The predicted molar refractivity (Wildman–Crippen MR) is 126 cm³/mol. The molecule has 1 fully saturated rings. The Labute approximate surface area is 192 Å². The zero-order chi connectivity index (χ0) is 22.9. The van der Waals surface area contributed by atoms with E-state index in [4.69, 9.17) is 9.72 Å². The fraction of sp³-hybridized carbons (Fsp3) is 0.458. The molecule has 0 saturated carbocycles. The van der Waals surface area contributed by atoms with E-state index in [1.54, 1.807) is 16.2 Å². The summed E-state index contributed by atoms with van der Waals surface area (Å²) in [7, 11) is 0. The van der Waals surface area contributed by atoms with Crippen molar-refractivity contribution in [3.05, 3.63) is 47.1 Å². The van der Waals surface area contributed by atoms with Gasteiger partial charge in [-0.05, 0) is 32.8 Å². The number of aryl methyl sites for hydroxylation is 1. The van der Waals surface area contributed by atoms with Gasteiger partial charge in [-0.25, -0.2) is 9.78 Å².